The van der Waals surface area contributed by atoms with Crippen LogP contribution in [0.1, 0.15) is 6.92 Å². The Morgan fingerprint density at radius 2 is 1.19 bits per heavy atom. The Bertz CT molecular complexity index is 553. The fourth-order valence-corrected chi connectivity index (χ4v) is 8.71. The van der Waals surface area contributed by atoms with Crippen LogP contribution < -0.4 is 10.6 Å². The summed E-state index contributed by atoms with van der Waals surface area (Å²) >= 11 is 3.57. The number of benzene rings is 2. The molecule has 0 spiro atoms. The van der Waals surface area contributed by atoms with Crippen molar-refractivity contribution < 1.29 is 4.57 Å². The summed E-state index contributed by atoms with van der Waals surface area (Å²) in [6, 6.07) is 19.9. The van der Waals surface area contributed by atoms with E-state index in [9.17, 15) is 4.57 Å². The fourth-order valence-electron chi connectivity index (χ4n) is 2.58. The third kappa shape index (κ3) is 3.41. The van der Waals surface area contributed by atoms with Gasteiger partial charge in [-0.2, -0.15) is 23.5 Å². The van der Waals surface area contributed by atoms with Crippen molar-refractivity contribution >= 4 is 41.3 Å². The molecule has 1 unspecified atom stereocenters. The van der Waals surface area contributed by atoms with Gasteiger partial charge in [-0.05, 0) is 12.5 Å². The third-order valence-corrected chi connectivity index (χ3v) is 10.6. The normalized spacial score (nSPS) is 13.3. The monoisotopic (exact) mass is 336 g/mol. The molecule has 0 aromatic heterocycles. The van der Waals surface area contributed by atoms with Gasteiger partial charge in [0.1, 0.15) is 7.14 Å². The maximum Gasteiger partial charge on any atom is 0.147 e. The highest BCUT2D eigenvalue weighted by Crippen LogP contribution is 2.53. The molecule has 0 aliphatic heterocycles. The Morgan fingerprint density at radius 1 is 0.810 bits per heavy atom. The van der Waals surface area contributed by atoms with E-state index in [0.717, 1.165) is 10.6 Å². The van der Waals surface area contributed by atoms with E-state index in [1.165, 1.54) is 0 Å². The van der Waals surface area contributed by atoms with Gasteiger partial charge in [-0.15, -0.1) is 0 Å². The minimum atomic E-state index is -2.65. The average Bonchev–Trinajstić information content (AvgIpc) is 2.56. The van der Waals surface area contributed by atoms with Crippen LogP contribution in [0.25, 0.3) is 0 Å². The van der Waals surface area contributed by atoms with E-state index in [1.54, 1.807) is 23.5 Å². The first-order valence-corrected chi connectivity index (χ1v) is 11.3. The van der Waals surface area contributed by atoms with Crippen LogP contribution in [0.2, 0.25) is 0 Å². The van der Waals surface area contributed by atoms with Crippen molar-refractivity contribution in [2.75, 3.05) is 12.5 Å². The van der Waals surface area contributed by atoms with Crippen LogP contribution in [0.15, 0.2) is 60.7 Å². The van der Waals surface area contributed by atoms with Gasteiger partial charge in [0, 0.05) is 16.3 Å². The first kappa shape index (κ1) is 16.7. The second kappa shape index (κ2) is 7.58. The van der Waals surface area contributed by atoms with Gasteiger partial charge < -0.3 is 4.57 Å². The van der Waals surface area contributed by atoms with Crippen LogP contribution in [0.4, 0.5) is 0 Å². The SMILES string of the molecule is CSC(SC)C(C)P(=O)(c1ccccc1)c1ccccc1. The molecule has 2 aromatic carbocycles. The molecule has 0 radical (unpaired) electrons. The van der Waals surface area contributed by atoms with Crippen LogP contribution in [0.3, 0.4) is 0 Å². The predicted molar refractivity (Wildman–Crippen MR) is 100 cm³/mol. The Labute approximate surface area is 136 Å². The van der Waals surface area contributed by atoms with E-state index in [4.69, 9.17) is 0 Å². The molecule has 2 aromatic rings. The van der Waals surface area contributed by atoms with E-state index in [1.807, 2.05) is 60.7 Å². The zero-order valence-corrected chi connectivity index (χ0v) is 15.1. The van der Waals surface area contributed by atoms with Crippen molar-refractivity contribution in [2.45, 2.75) is 17.2 Å². The molecule has 0 amide bonds. The fraction of sp³-hybridized carbons (Fsp3) is 0.294. The minimum Gasteiger partial charge on any atom is -0.313 e. The van der Waals surface area contributed by atoms with Crippen molar-refractivity contribution in [1.29, 1.82) is 0 Å². The summed E-state index contributed by atoms with van der Waals surface area (Å²) in [5.41, 5.74) is 0.0901. The molecule has 0 saturated heterocycles. The smallest absolute Gasteiger partial charge is 0.147 e. The van der Waals surface area contributed by atoms with Crippen LogP contribution >= 0.6 is 30.7 Å². The molecular formula is C17H21OPS2. The van der Waals surface area contributed by atoms with E-state index in [-0.39, 0.29) is 5.66 Å². The Kier molecular flexibility index (Phi) is 6.04. The topological polar surface area (TPSA) is 17.1 Å². The Morgan fingerprint density at radius 3 is 1.52 bits per heavy atom. The van der Waals surface area contributed by atoms with Crippen molar-refractivity contribution in [3.8, 4) is 0 Å². The first-order chi connectivity index (χ1) is 10.1. The maximum atomic E-state index is 14.0. The highest BCUT2D eigenvalue weighted by Gasteiger charge is 2.37. The Balaban J connectivity index is 2.58. The van der Waals surface area contributed by atoms with E-state index >= 15 is 0 Å². The van der Waals surface area contributed by atoms with Crippen LogP contribution in [-0.4, -0.2) is 22.8 Å². The largest absolute Gasteiger partial charge is 0.313 e. The van der Waals surface area contributed by atoms with Gasteiger partial charge in [0.2, 0.25) is 0 Å². The van der Waals surface area contributed by atoms with Crippen molar-refractivity contribution in [2.24, 2.45) is 0 Å². The van der Waals surface area contributed by atoms with E-state index in [2.05, 4.69) is 19.4 Å². The molecule has 1 nitrogen and oxygen atoms in total. The number of rotatable bonds is 6. The van der Waals surface area contributed by atoms with Gasteiger partial charge >= 0.3 is 0 Å². The summed E-state index contributed by atoms with van der Waals surface area (Å²) in [7, 11) is -2.65. The third-order valence-electron chi connectivity index (χ3n) is 3.71. The number of hydrogen-bond acceptors (Lipinski definition) is 3. The molecular weight excluding hydrogens is 315 g/mol. The lowest BCUT2D eigenvalue weighted by Crippen LogP contribution is -2.29. The summed E-state index contributed by atoms with van der Waals surface area (Å²) < 4.78 is 14.4. The predicted octanol–water partition coefficient (Wildman–Crippen LogP) is 4.44. The van der Waals surface area contributed by atoms with Crippen molar-refractivity contribution in [3.05, 3.63) is 60.7 Å². The van der Waals surface area contributed by atoms with Crippen LogP contribution in [0.5, 0.6) is 0 Å². The lowest BCUT2D eigenvalue weighted by Gasteiger charge is -2.30. The standard InChI is InChI=1S/C17H21OPS2/c1-14(17(20-2)21-3)19(18,15-10-6-4-7-11-15)16-12-8-5-9-13-16/h4-14,17H,1-3H3. The van der Waals surface area contributed by atoms with Crippen molar-refractivity contribution in [3.63, 3.8) is 0 Å². The number of hydrogen-bond donors (Lipinski definition) is 0. The first-order valence-electron chi connectivity index (χ1n) is 6.91. The molecule has 1 atom stereocenters. The lowest BCUT2D eigenvalue weighted by molar-refractivity contribution is 0.581. The van der Waals surface area contributed by atoms with Crippen LogP contribution in [-0.2, 0) is 4.57 Å². The molecule has 0 heterocycles. The van der Waals surface area contributed by atoms with Gasteiger partial charge in [-0.25, -0.2) is 0 Å². The molecule has 0 bridgehead atoms. The molecule has 2 rings (SSSR count). The van der Waals surface area contributed by atoms with Gasteiger partial charge in [0.05, 0.1) is 4.58 Å². The Hall–Kier alpha value is -0.630. The average molecular weight is 336 g/mol. The summed E-state index contributed by atoms with van der Waals surface area (Å²) in [4.78, 5) is 0. The lowest BCUT2D eigenvalue weighted by atomic mass is 10.4. The minimum absolute atomic E-state index is 0.0901. The molecule has 0 aliphatic rings. The van der Waals surface area contributed by atoms with Gasteiger partial charge in [-0.3, -0.25) is 0 Å². The zero-order chi connectivity index (χ0) is 15.3. The molecule has 0 fully saturated rings. The van der Waals surface area contributed by atoms with E-state index < -0.39 is 7.14 Å². The summed E-state index contributed by atoms with van der Waals surface area (Å²) in [5.74, 6) is 0. The molecule has 0 aliphatic carbocycles. The van der Waals surface area contributed by atoms with Crippen LogP contribution in [0, 0.1) is 0 Å². The van der Waals surface area contributed by atoms with Crippen molar-refractivity contribution in [1.82, 2.24) is 0 Å². The number of thioether (sulfide) groups is 2. The van der Waals surface area contributed by atoms with E-state index in [0.29, 0.717) is 4.58 Å². The molecule has 112 valence electrons. The molecule has 0 saturated carbocycles. The summed E-state index contributed by atoms with van der Waals surface area (Å²) in [6.45, 7) is 2.12. The summed E-state index contributed by atoms with van der Waals surface area (Å²) in [5, 5.41) is 1.91. The molecule has 4 heteroatoms. The van der Waals surface area contributed by atoms with Gasteiger partial charge in [0.15, 0.2) is 0 Å². The highest BCUT2D eigenvalue weighted by atomic mass is 32.2. The maximum absolute atomic E-state index is 14.0. The summed E-state index contributed by atoms with van der Waals surface area (Å²) in [6.07, 6.45) is 4.19. The second-order valence-corrected chi connectivity index (χ2v) is 10.3. The van der Waals surface area contributed by atoms with Gasteiger partial charge in [0.25, 0.3) is 0 Å². The molecule has 0 N–H and O–H groups in total. The quantitative estimate of drug-likeness (QED) is 0.573. The highest BCUT2D eigenvalue weighted by molar-refractivity contribution is 8.17. The van der Waals surface area contributed by atoms with Gasteiger partial charge in [-0.1, -0.05) is 67.6 Å². The zero-order valence-electron chi connectivity index (χ0n) is 12.6. The second-order valence-electron chi connectivity index (χ2n) is 4.91. The molecule has 21 heavy (non-hydrogen) atoms.